The Morgan fingerprint density at radius 3 is 2.63 bits per heavy atom. The molecule has 27 heavy (non-hydrogen) atoms. The van der Waals surface area contributed by atoms with Gasteiger partial charge in [-0.15, -0.1) is 0 Å². The summed E-state index contributed by atoms with van der Waals surface area (Å²) in [5.41, 5.74) is 2.21. The average Bonchev–Trinajstić information content (AvgIpc) is 2.69. The number of amides is 2. The third kappa shape index (κ3) is 6.54. The van der Waals surface area contributed by atoms with Gasteiger partial charge in [-0.05, 0) is 29.7 Å². The van der Waals surface area contributed by atoms with Crippen LogP contribution in [0.3, 0.4) is 0 Å². The van der Waals surface area contributed by atoms with Crippen LogP contribution in [-0.4, -0.2) is 50.3 Å². The van der Waals surface area contributed by atoms with Gasteiger partial charge in [0.2, 0.25) is 0 Å². The van der Waals surface area contributed by atoms with Crippen LogP contribution in [0.5, 0.6) is 0 Å². The summed E-state index contributed by atoms with van der Waals surface area (Å²) < 4.78 is 5.42. The molecule has 2 amide bonds. The van der Waals surface area contributed by atoms with Gasteiger partial charge < -0.3 is 15.4 Å². The summed E-state index contributed by atoms with van der Waals surface area (Å²) in [6.07, 6.45) is 0.743. The van der Waals surface area contributed by atoms with Crippen LogP contribution < -0.4 is 10.6 Å². The largest absolute Gasteiger partial charge is 0.379 e. The van der Waals surface area contributed by atoms with E-state index < -0.39 is 0 Å². The summed E-state index contributed by atoms with van der Waals surface area (Å²) in [5.74, 6) is 0. The van der Waals surface area contributed by atoms with Crippen molar-refractivity contribution in [3.63, 3.8) is 0 Å². The van der Waals surface area contributed by atoms with Crippen LogP contribution in [-0.2, 0) is 11.2 Å². The number of hydrogen-bond acceptors (Lipinski definition) is 3. The van der Waals surface area contributed by atoms with Gasteiger partial charge in [0, 0.05) is 31.2 Å². The molecule has 1 atom stereocenters. The van der Waals surface area contributed by atoms with Gasteiger partial charge in [-0.2, -0.15) is 0 Å². The Kier molecular flexibility index (Phi) is 7.51. The van der Waals surface area contributed by atoms with Crippen LogP contribution in [0.15, 0.2) is 54.6 Å². The first-order chi connectivity index (χ1) is 13.2. The van der Waals surface area contributed by atoms with E-state index in [1.807, 2.05) is 42.5 Å². The number of rotatable bonds is 7. The molecular formula is C21H26ClN3O2. The van der Waals surface area contributed by atoms with Crippen molar-refractivity contribution < 1.29 is 9.53 Å². The third-order valence-corrected chi connectivity index (χ3v) is 4.88. The number of nitrogens with zero attached hydrogens (tertiary/aromatic N) is 1. The predicted molar refractivity (Wildman–Crippen MR) is 108 cm³/mol. The van der Waals surface area contributed by atoms with E-state index in [0.29, 0.717) is 11.6 Å². The minimum absolute atomic E-state index is 0.0598. The van der Waals surface area contributed by atoms with E-state index in [-0.39, 0.29) is 12.1 Å². The summed E-state index contributed by atoms with van der Waals surface area (Å²) in [7, 11) is 0. The highest BCUT2D eigenvalue weighted by atomic mass is 35.5. The maximum atomic E-state index is 12.4. The van der Waals surface area contributed by atoms with Gasteiger partial charge in [-0.25, -0.2) is 4.79 Å². The van der Waals surface area contributed by atoms with Crippen LogP contribution in [0.2, 0.25) is 5.02 Å². The van der Waals surface area contributed by atoms with E-state index in [9.17, 15) is 4.79 Å². The summed E-state index contributed by atoms with van der Waals surface area (Å²) in [5, 5.41) is 6.79. The summed E-state index contributed by atoms with van der Waals surface area (Å²) >= 11 is 6.00. The molecule has 0 aliphatic carbocycles. The maximum Gasteiger partial charge on any atom is 0.315 e. The molecule has 0 aromatic heterocycles. The van der Waals surface area contributed by atoms with Crippen molar-refractivity contribution in [1.29, 1.82) is 0 Å². The van der Waals surface area contributed by atoms with Crippen molar-refractivity contribution in [2.45, 2.75) is 12.5 Å². The number of morpholine rings is 1. The van der Waals surface area contributed by atoms with E-state index in [0.717, 1.165) is 50.4 Å². The molecule has 1 aliphatic rings. The normalized spacial score (nSPS) is 15.9. The zero-order valence-electron chi connectivity index (χ0n) is 15.4. The van der Waals surface area contributed by atoms with Crippen LogP contribution in [0, 0.1) is 0 Å². The fourth-order valence-corrected chi connectivity index (χ4v) is 3.40. The SMILES string of the molecule is O=C(NCCc1cccc(Cl)c1)N[C@H](CN1CCOCC1)c1ccccc1. The molecule has 0 spiro atoms. The standard InChI is InChI=1S/C21H26ClN3O2/c22-19-8-4-5-17(15-19)9-10-23-21(26)24-20(18-6-2-1-3-7-18)16-25-11-13-27-14-12-25/h1-8,15,20H,9-14,16H2,(H2,23,24,26)/t20-/m1/s1. The summed E-state index contributed by atoms with van der Waals surface area (Å²) in [6.45, 7) is 4.60. The van der Waals surface area contributed by atoms with Gasteiger partial charge in [-0.1, -0.05) is 54.1 Å². The molecule has 0 radical (unpaired) electrons. The molecule has 2 aromatic rings. The average molecular weight is 388 g/mol. The molecule has 1 saturated heterocycles. The molecule has 1 aliphatic heterocycles. The van der Waals surface area contributed by atoms with Crippen LogP contribution in [0.1, 0.15) is 17.2 Å². The zero-order chi connectivity index (χ0) is 18.9. The Balaban J connectivity index is 1.53. The molecule has 3 rings (SSSR count). The number of urea groups is 1. The summed E-state index contributed by atoms with van der Waals surface area (Å²) in [6, 6.07) is 17.6. The zero-order valence-corrected chi connectivity index (χ0v) is 16.1. The molecule has 2 N–H and O–H groups in total. The Labute approximate surface area is 165 Å². The first-order valence-corrected chi connectivity index (χ1v) is 9.72. The minimum Gasteiger partial charge on any atom is -0.379 e. The predicted octanol–water partition coefficient (Wildman–Crippen LogP) is 3.26. The monoisotopic (exact) mass is 387 g/mol. The topological polar surface area (TPSA) is 53.6 Å². The van der Waals surface area contributed by atoms with Crippen molar-refractivity contribution in [3.05, 3.63) is 70.7 Å². The Morgan fingerprint density at radius 2 is 1.89 bits per heavy atom. The highest BCUT2D eigenvalue weighted by molar-refractivity contribution is 6.30. The van der Waals surface area contributed by atoms with E-state index in [4.69, 9.17) is 16.3 Å². The number of carbonyl (C=O) groups excluding carboxylic acids is 1. The van der Waals surface area contributed by atoms with E-state index in [1.54, 1.807) is 0 Å². The number of benzene rings is 2. The first kappa shape index (κ1) is 19.7. The van der Waals surface area contributed by atoms with E-state index in [2.05, 4.69) is 27.7 Å². The molecule has 1 heterocycles. The molecule has 5 nitrogen and oxygen atoms in total. The lowest BCUT2D eigenvalue weighted by atomic mass is 10.1. The molecule has 0 unspecified atom stereocenters. The second-order valence-electron chi connectivity index (χ2n) is 6.66. The number of hydrogen-bond donors (Lipinski definition) is 2. The second-order valence-corrected chi connectivity index (χ2v) is 7.09. The van der Waals surface area contributed by atoms with Crippen molar-refractivity contribution in [2.75, 3.05) is 39.4 Å². The minimum atomic E-state index is -0.154. The van der Waals surface area contributed by atoms with E-state index >= 15 is 0 Å². The van der Waals surface area contributed by atoms with Gasteiger partial charge >= 0.3 is 6.03 Å². The molecule has 1 fully saturated rings. The van der Waals surface area contributed by atoms with Gasteiger partial charge in [0.1, 0.15) is 0 Å². The maximum absolute atomic E-state index is 12.4. The number of halogens is 1. The van der Waals surface area contributed by atoms with Gasteiger partial charge in [0.15, 0.2) is 0 Å². The molecule has 6 heteroatoms. The molecule has 144 valence electrons. The summed E-state index contributed by atoms with van der Waals surface area (Å²) in [4.78, 5) is 14.8. The van der Waals surface area contributed by atoms with Crippen LogP contribution in [0.25, 0.3) is 0 Å². The molecule has 0 saturated carbocycles. The lowest BCUT2D eigenvalue weighted by Gasteiger charge is -2.31. The molecule has 0 bridgehead atoms. The van der Waals surface area contributed by atoms with Crippen molar-refractivity contribution in [1.82, 2.24) is 15.5 Å². The smallest absolute Gasteiger partial charge is 0.315 e. The Morgan fingerprint density at radius 1 is 1.11 bits per heavy atom. The number of nitrogens with one attached hydrogen (secondary N) is 2. The quantitative estimate of drug-likeness (QED) is 0.766. The third-order valence-electron chi connectivity index (χ3n) is 4.64. The van der Waals surface area contributed by atoms with Crippen molar-refractivity contribution in [2.24, 2.45) is 0 Å². The van der Waals surface area contributed by atoms with Gasteiger partial charge in [-0.3, -0.25) is 4.90 Å². The fourth-order valence-electron chi connectivity index (χ4n) is 3.18. The lowest BCUT2D eigenvalue weighted by Crippen LogP contribution is -2.45. The Hall–Kier alpha value is -2.08. The first-order valence-electron chi connectivity index (χ1n) is 9.34. The molecule has 2 aromatic carbocycles. The van der Waals surface area contributed by atoms with Gasteiger partial charge in [0.25, 0.3) is 0 Å². The fraction of sp³-hybridized carbons (Fsp3) is 0.381. The highest BCUT2D eigenvalue weighted by Crippen LogP contribution is 2.15. The van der Waals surface area contributed by atoms with Crippen LogP contribution in [0.4, 0.5) is 4.79 Å². The Bertz CT molecular complexity index is 720. The molecular weight excluding hydrogens is 362 g/mol. The van der Waals surface area contributed by atoms with Crippen molar-refractivity contribution >= 4 is 17.6 Å². The highest BCUT2D eigenvalue weighted by Gasteiger charge is 2.19. The van der Waals surface area contributed by atoms with E-state index in [1.165, 1.54) is 0 Å². The number of ether oxygens (including phenoxy) is 1. The van der Waals surface area contributed by atoms with Crippen molar-refractivity contribution in [3.8, 4) is 0 Å². The number of carbonyl (C=O) groups is 1. The second kappa shape index (κ2) is 10.3. The van der Waals surface area contributed by atoms with Crippen LogP contribution >= 0.6 is 11.6 Å². The van der Waals surface area contributed by atoms with Gasteiger partial charge in [0.05, 0.1) is 19.3 Å². The lowest BCUT2D eigenvalue weighted by molar-refractivity contribution is 0.0340.